The molecule has 1 N–H and O–H groups in total. The van der Waals surface area contributed by atoms with Gasteiger partial charge in [-0.15, -0.1) is 0 Å². The predicted molar refractivity (Wildman–Crippen MR) is 118 cm³/mol. The lowest BCUT2D eigenvalue weighted by Crippen LogP contribution is -2.34. The highest BCUT2D eigenvalue weighted by Crippen LogP contribution is 2.27. The SMILES string of the molecule is CC(C)CNC(=O)Cn1c2c(c(=O)n3nc(C(C)(C)C)cc13)CN(Cc1ccco1)C2=O. The van der Waals surface area contributed by atoms with Crippen LogP contribution in [0.15, 0.2) is 33.7 Å². The van der Waals surface area contributed by atoms with Gasteiger partial charge in [0.25, 0.3) is 11.5 Å². The first-order valence-electron chi connectivity index (χ1n) is 10.8. The second-order valence-corrected chi connectivity index (χ2v) is 9.71. The van der Waals surface area contributed by atoms with Gasteiger partial charge < -0.3 is 19.2 Å². The lowest BCUT2D eigenvalue weighted by atomic mass is 9.93. The Bertz CT molecular complexity index is 1230. The van der Waals surface area contributed by atoms with Crippen molar-refractivity contribution in [2.24, 2.45) is 5.92 Å². The minimum Gasteiger partial charge on any atom is -0.467 e. The number of hydrogen-bond donors (Lipinski definition) is 1. The number of aromatic nitrogens is 3. The molecule has 0 saturated heterocycles. The minimum absolute atomic E-state index is 0.0750. The molecule has 3 aromatic rings. The van der Waals surface area contributed by atoms with Crippen molar-refractivity contribution in [1.29, 1.82) is 0 Å². The molecule has 2 amide bonds. The molecule has 1 aliphatic rings. The Hall–Kier alpha value is -3.36. The van der Waals surface area contributed by atoms with Crippen molar-refractivity contribution >= 4 is 17.5 Å². The van der Waals surface area contributed by atoms with E-state index >= 15 is 0 Å². The third kappa shape index (κ3) is 3.94. The molecule has 0 unspecified atom stereocenters. The summed E-state index contributed by atoms with van der Waals surface area (Å²) in [5, 5.41) is 7.43. The van der Waals surface area contributed by atoms with E-state index in [1.54, 1.807) is 33.9 Å². The summed E-state index contributed by atoms with van der Waals surface area (Å²) in [7, 11) is 0. The summed E-state index contributed by atoms with van der Waals surface area (Å²) in [5.74, 6) is 0.402. The highest BCUT2D eigenvalue weighted by Gasteiger charge is 2.36. The van der Waals surface area contributed by atoms with Crippen LogP contribution in [0.2, 0.25) is 0 Å². The molecule has 0 aromatic carbocycles. The van der Waals surface area contributed by atoms with Crippen LogP contribution in [0.5, 0.6) is 0 Å². The molecule has 3 aromatic heterocycles. The van der Waals surface area contributed by atoms with Crippen molar-refractivity contribution in [3.05, 3.63) is 57.5 Å². The molecule has 32 heavy (non-hydrogen) atoms. The van der Waals surface area contributed by atoms with Gasteiger partial charge in [-0.05, 0) is 18.1 Å². The fourth-order valence-electron chi connectivity index (χ4n) is 3.78. The Labute approximate surface area is 186 Å². The molecule has 170 valence electrons. The Kier molecular flexibility index (Phi) is 5.44. The van der Waals surface area contributed by atoms with E-state index < -0.39 is 0 Å². The summed E-state index contributed by atoms with van der Waals surface area (Å²) in [6.45, 7) is 10.9. The first kappa shape index (κ1) is 21.9. The number of carbonyl (C=O) groups excluding carboxylic acids is 2. The zero-order chi connectivity index (χ0) is 23.2. The smallest absolute Gasteiger partial charge is 0.280 e. The van der Waals surface area contributed by atoms with E-state index in [0.717, 1.165) is 5.69 Å². The molecule has 9 nitrogen and oxygen atoms in total. The number of hydrogen-bond acceptors (Lipinski definition) is 5. The number of nitrogens with one attached hydrogen (secondary N) is 1. The van der Waals surface area contributed by atoms with Gasteiger partial charge in [0.1, 0.15) is 23.6 Å². The van der Waals surface area contributed by atoms with Crippen molar-refractivity contribution in [1.82, 2.24) is 24.4 Å². The van der Waals surface area contributed by atoms with E-state index in [2.05, 4.69) is 10.4 Å². The molecule has 0 bridgehead atoms. The van der Waals surface area contributed by atoms with Gasteiger partial charge in [0.15, 0.2) is 0 Å². The highest BCUT2D eigenvalue weighted by atomic mass is 16.3. The van der Waals surface area contributed by atoms with Crippen LogP contribution in [-0.4, -0.2) is 37.4 Å². The standard InChI is InChI=1S/C23H29N5O4/c1-14(2)10-24-18(29)13-27-19-9-17(23(3,4)5)25-28(19)21(30)16-12-26(22(31)20(16)27)11-15-7-6-8-32-15/h6-9,14H,10-13H2,1-5H3,(H,24,29). The van der Waals surface area contributed by atoms with Crippen molar-refractivity contribution in [2.75, 3.05) is 6.54 Å². The number of rotatable bonds is 6. The highest BCUT2D eigenvalue weighted by molar-refractivity contribution is 5.97. The number of furan rings is 1. The minimum atomic E-state index is -0.334. The predicted octanol–water partition coefficient (Wildman–Crippen LogP) is 2.31. The average Bonchev–Trinajstić information content (AvgIpc) is 3.43. The van der Waals surface area contributed by atoms with Crippen LogP contribution in [0.25, 0.3) is 5.65 Å². The molecule has 4 rings (SSSR count). The zero-order valence-electron chi connectivity index (χ0n) is 19.1. The topological polar surface area (TPSA) is 102 Å². The second-order valence-electron chi connectivity index (χ2n) is 9.71. The fourth-order valence-corrected chi connectivity index (χ4v) is 3.78. The van der Waals surface area contributed by atoms with E-state index in [1.165, 1.54) is 4.52 Å². The summed E-state index contributed by atoms with van der Waals surface area (Å²) < 4.78 is 8.32. The lowest BCUT2D eigenvalue weighted by Gasteiger charge is -2.16. The summed E-state index contributed by atoms with van der Waals surface area (Å²) in [4.78, 5) is 40.9. The quantitative estimate of drug-likeness (QED) is 0.635. The maximum atomic E-state index is 13.4. The molecule has 9 heteroatoms. The largest absolute Gasteiger partial charge is 0.467 e. The van der Waals surface area contributed by atoms with E-state index in [-0.39, 0.29) is 48.1 Å². The Morgan fingerprint density at radius 3 is 2.66 bits per heavy atom. The molecule has 0 fully saturated rings. The zero-order valence-corrected chi connectivity index (χ0v) is 19.1. The van der Waals surface area contributed by atoms with Gasteiger partial charge in [-0.3, -0.25) is 14.4 Å². The molecule has 4 heterocycles. The van der Waals surface area contributed by atoms with Crippen LogP contribution in [-0.2, 0) is 29.8 Å². The van der Waals surface area contributed by atoms with Crippen molar-refractivity contribution in [2.45, 2.75) is 59.7 Å². The first-order chi connectivity index (χ1) is 15.1. The van der Waals surface area contributed by atoms with E-state index in [9.17, 15) is 14.4 Å². The summed E-state index contributed by atoms with van der Waals surface area (Å²) in [5.41, 5.74) is 1.11. The lowest BCUT2D eigenvalue weighted by molar-refractivity contribution is -0.121. The van der Waals surface area contributed by atoms with Crippen molar-refractivity contribution in [3.8, 4) is 0 Å². The Balaban J connectivity index is 1.82. The number of carbonyl (C=O) groups is 2. The van der Waals surface area contributed by atoms with Gasteiger partial charge in [-0.1, -0.05) is 34.6 Å². The molecule has 0 atom stereocenters. The van der Waals surface area contributed by atoms with Crippen LogP contribution >= 0.6 is 0 Å². The van der Waals surface area contributed by atoms with Crippen LogP contribution < -0.4 is 10.9 Å². The summed E-state index contributed by atoms with van der Waals surface area (Å²) >= 11 is 0. The molecule has 0 spiro atoms. The molecule has 0 radical (unpaired) electrons. The monoisotopic (exact) mass is 439 g/mol. The van der Waals surface area contributed by atoms with Gasteiger partial charge in [0, 0.05) is 18.0 Å². The third-order valence-electron chi connectivity index (χ3n) is 5.52. The van der Waals surface area contributed by atoms with Gasteiger partial charge >= 0.3 is 0 Å². The number of amides is 2. The molecular formula is C23H29N5O4. The van der Waals surface area contributed by atoms with E-state index in [0.29, 0.717) is 29.4 Å². The van der Waals surface area contributed by atoms with Gasteiger partial charge in [0.2, 0.25) is 5.91 Å². The van der Waals surface area contributed by atoms with E-state index in [4.69, 9.17) is 4.42 Å². The van der Waals surface area contributed by atoms with Gasteiger partial charge in [0.05, 0.1) is 30.6 Å². The van der Waals surface area contributed by atoms with Crippen molar-refractivity contribution in [3.63, 3.8) is 0 Å². The Morgan fingerprint density at radius 1 is 1.28 bits per heavy atom. The number of nitrogens with zero attached hydrogens (tertiary/aromatic N) is 4. The Morgan fingerprint density at radius 2 is 2.03 bits per heavy atom. The second kappa shape index (κ2) is 7.96. The summed E-state index contributed by atoms with van der Waals surface area (Å²) in [6.07, 6.45) is 1.55. The van der Waals surface area contributed by atoms with Crippen molar-refractivity contribution < 1.29 is 14.0 Å². The first-order valence-corrected chi connectivity index (χ1v) is 10.8. The van der Waals surface area contributed by atoms with Gasteiger partial charge in [-0.2, -0.15) is 9.61 Å². The molecule has 0 aliphatic carbocycles. The normalized spacial score (nSPS) is 13.9. The van der Waals surface area contributed by atoms with Crippen LogP contribution in [0.1, 0.15) is 62.1 Å². The average molecular weight is 440 g/mol. The van der Waals surface area contributed by atoms with Gasteiger partial charge in [-0.25, -0.2) is 0 Å². The fraction of sp³-hybridized carbons (Fsp3) is 0.478. The summed E-state index contributed by atoms with van der Waals surface area (Å²) in [6, 6.07) is 5.33. The molecular weight excluding hydrogens is 410 g/mol. The maximum Gasteiger partial charge on any atom is 0.280 e. The van der Waals surface area contributed by atoms with Crippen LogP contribution in [0.3, 0.4) is 0 Å². The maximum absolute atomic E-state index is 13.4. The third-order valence-corrected chi connectivity index (χ3v) is 5.52. The van der Waals surface area contributed by atoms with E-state index in [1.807, 2.05) is 34.6 Å². The van der Waals surface area contributed by atoms with Crippen LogP contribution in [0, 0.1) is 5.92 Å². The molecule has 0 saturated carbocycles. The number of fused-ring (bicyclic) bond motifs is 2. The van der Waals surface area contributed by atoms with Crippen LogP contribution in [0.4, 0.5) is 0 Å². The molecule has 1 aliphatic heterocycles.